The Labute approximate surface area is 174 Å². The van der Waals surface area contributed by atoms with Gasteiger partial charge in [-0.25, -0.2) is 9.36 Å². The molecule has 0 bridgehead atoms. The summed E-state index contributed by atoms with van der Waals surface area (Å²) in [7, 11) is 1.55. The van der Waals surface area contributed by atoms with Crippen LogP contribution in [0.3, 0.4) is 0 Å². The van der Waals surface area contributed by atoms with Crippen molar-refractivity contribution in [2.45, 2.75) is 52.7 Å². The number of esters is 1. The summed E-state index contributed by atoms with van der Waals surface area (Å²) in [6, 6.07) is 0.0276. The molecule has 1 fully saturated rings. The van der Waals surface area contributed by atoms with Crippen molar-refractivity contribution in [3.63, 3.8) is 0 Å². The number of nitrogens with zero attached hydrogens (tertiary/aromatic N) is 5. The highest BCUT2D eigenvalue weighted by molar-refractivity contribution is 5.75. The number of carbonyl (C=O) groups is 1. The minimum Gasteiger partial charge on any atom is -0.465 e. The molecule has 2 aromatic rings. The van der Waals surface area contributed by atoms with Crippen molar-refractivity contribution in [3.05, 3.63) is 32.5 Å². The first-order valence-corrected chi connectivity index (χ1v) is 10.2. The summed E-state index contributed by atoms with van der Waals surface area (Å²) < 4.78 is 8.95. The monoisotopic (exact) mass is 418 g/mol. The highest BCUT2D eigenvalue weighted by Gasteiger charge is 2.26. The molecule has 1 atom stereocenters. The maximum atomic E-state index is 13.3. The van der Waals surface area contributed by atoms with Gasteiger partial charge in [0.25, 0.3) is 5.56 Å². The van der Waals surface area contributed by atoms with E-state index in [1.54, 1.807) is 14.0 Å². The smallest absolute Gasteiger partial charge is 0.333 e. The van der Waals surface area contributed by atoms with Gasteiger partial charge in [-0.3, -0.25) is 14.2 Å². The van der Waals surface area contributed by atoms with Crippen LogP contribution in [0.2, 0.25) is 0 Å². The van der Waals surface area contributed by atoms with E-state index in [-0.39, 0.29) is 18.2 Å². The third-order valence-corrected chi connectivity index (χ3v) is 5.23. The topological polar surface area (TPSA) is 117 Å². The Morgan fingerprint density at radius 3 is 2.67 bits per heavy atom. The first-order chi connectivity index (χ1) is 14.2. The Hall–Kier alpha value is -2.88. The Morgan fingerprint density at radius 2 is 2.03 bits per heavy atom. The second-order valence-electron chi connectivity index (χ2n) is 7.86. The van der Waals surface area contributed by atoms with E-state index < -0.39 is 23.8 Å². The van der Waals surface area contributed by atoms with E-state index in [4.69, 9.17) is 10.5 Å². The zero-order chi connectivity index (χ0) is 22.0. The molecule has 0 saturated carbocycles. The number of ether oxygens (including phenoxy) is 1. The third-order valence-electron chi connectivity index (χ3n) is 5.23. The molecule has 10 nitrogen and oxygen atoms in total. The van der Waals surface area contributed by atoms with Crippen molar-refractivity contribution in [1.82, 2.24) is 18.7 Å². The molecule has 0 amide bonds. The second kappa shape index (κ2) is 8.86. The van der Waals surface area contributed by atoms with Gasteiger partial charge in [0.05, 0.1) is 6.61 Å². The molecule has 0 aliphatic carbocycles. The van der Waals surface area contributed by atoms with E-state index in [1.165, 1.54) is 4.57 Å². The van der Waals surface area contributed by atoms with Gasteiger partial charge in [0.15, 0.2) is 11.2 Å². The molecule has 1 unspecified atom stereocenters. The molecular formula is C20H30N6O4. The highest BCUT2D eigenvalue weighted by atomic mass is 16.5. The lowest BCUT2D eigenvalue weighted by Gasteiger charge is -2.31. The molecule has 2 aromatic heterocycles. The van der Waals surface area contributed by atoms with Crippen molar-refractivity contribution >= 4 is 23.1 Å². The summed E-state index contributed by atoms with van der Waals surface area (Å²) in [5.41, 5.74) is 6.67. The van der Waals surface area contributed by atoms with Crippen molar-refractivity contribution in [1.29, 1.82) is 0 Å². The van der Waals surface area contributed by atoms with Crippen LogP contribution >= 0.6 is 0 Å². The lowest BCUT2D eigenvalue weighted by molar-refractivity contribution is -0.143. The Bertz CT molecular complexity index is 1090. The molecule has 3 rings (SSSR count). The van der Waals surface area contributed by atoms with Crippen LogP contribution in [0.4, 0.5) is 5.95 Å². The first kappa shape index (κ1) is 21.8. The number of rotatable bonds is 6. The van der Waals surface area contributed by atoms with Gasteiger partial charge in [0.2, 0.25) is 5.95 Å². The quantitative estimate of drug-likeness (QED) is 0.531. The number of carbonyl (C=O) groups excluding carboxylic acids is 1. The van der Waals surface area contributed by atoms with Gasteiger partial charge in [-0.1, -0.05) is 11.6 Å². The van der Waals surface area contributed by atoms with Crippen molar-refractivity contribution in [2.24, 2.45) is 12.8 Å². The van der Waals surface area contributed by atoms with Crippen LogP contribution < -0.4 is 21.9 Å². The van der Waals surface area contributed by atoms with Gasteiger partial charge in [0.1, 0.15) is 6.54 Å². The van der Waals surface area contributed by atoms with Gasteiger partial charge in [-0.15, -0.1) is 0 Å². The molecule has 3 heterocycles. The number of aryl methyl sites for hydroxylation is 1. The fourth-order valence-corrected chi connectivity index (χ4v) is 3.72. The van der Waals surface area contributed by atoms with Crippen molar-refractivity contribution in [3.8, 4) is 0 Å². The van der Waals surface area contributed by atoms with Crippen LogP contribution in [-0.2, 0) is 29.7 Å². The number of hydrogen-bond donors (Lipinski definition) is 1. The SMILES string of the molecule is CCOC(=O)Cn1c(=O)c2c(nc(N3CCCC(N)C3)n2CC=C(C)C)n(C)c1=O. The fraction of sp³-hybridized carbons (Fsp3) is 0.600. The van der Waals surface area contributed by atoms with E-state index in [0.29, 0.717) is 24.7 Å². The van der Waals surface area contributed by atoms with Crippen LogP contribution in [0.5, 0.6) is 0 Å². The fourth-order valence-electron chi connectivity index (χ4n) is 3.72. The van der Waals surface area contributed by atoms with E-state index in [9.17, 15) is 14.4 Å². The largest absolute Gasteiger partial charge is 0.465 e. The van der Waals surface area contributed by atoms with Gasteiger partial charge >= 0.3 is 11.7 Å². The molecule has 1 aliphatic heterocycles. The standard InChI is InChI=1S/C20H30N6O4/c1-5-30-15(27)12-26-18(28)16-17(23(4)20(26)29)22-19(25(16)10-8-13(2)3)24-9-6-7-14(21)11-24/h8,14H,5-7,9-12,21H2,1-4H3. The number of anilines is 1. The predicted molar refractivity (Wildman–Crippen MR) is 115 cm³/mol. The number of imidazole rings is 1. The van der Waals surface area contributed by atoms with Crippen LogP contribution in [0.15, 0.2) is 21.2 Å². The van der Waals surface area contributed by atoms with Crippen molar-refractivity contribution < 1.29 is 9.53 Å². The average Bonchev–Trinajstić information content (AvgIpc) is 3.08. The van der Waals surface area contributed by atoms with Crippen LogP contribution in [-0.4, -0.2) is 50.4 Å². The average molecular weight is 418 g/mol. The van der Waals surface area contributed by atoms with Gasteiger partial charge in [-0.2, -0.15) is 4.98 Å². The molecule has 1 aliphatic rings. The molecule has 0 aromatic carbocycles. The van der Waals surface area contributed by atoms with Gasteiger partial charge < -0.3 is 19.9 Å². The summed E-state index contributed by atoms with van der Waals surface area (Å²) >= 11 is 0. The molecule has 10 heteroatoms. The molecule has 0 radical (unpaired) electrons. The second-order valence-corrected chi connectivity index (χ2v) is 7.86. The zero-order valence-electron chi connectivity index (χ0n) is 18.1. The predicted octanol–water partition coefficient (Wildman–Crippen LogP) is 0.354. The van der Waals surface area contributed by atoms with E-state index in [2.05, 4.69) is 9.88 Å². The molecule has 30 heavy (non-hydrogen) atoms. The minimum absolute atomic E-state index is 0.0276. The molecular weight excluding hydrogens is 388 g/mol. The Balaban J connectivity index is 2.24. The summed E-state index contributed by atoms with van der Waals surface area (Å²) in [5.74, 6) is -0.0210. The van der Waals surface area contributed by atoms with Crippen LogP contribution in [0, 0.1) is 0 Å². The van der Waals surface area contributed by atoms with Gasteiger partial charge in [-0.05, 0) is 33.6 Å². The van der Waals surface area contributed by atoms with Crippen molar-refractivity contribution in [2.75, 3.05) is 24.6 Å². The van der Waals surface area contributed by atoms with E-state index in [0.717, 1.165) is 29.5 Å². The lowest BCUT2D eigenvalue weighted by atomic mass is 10.1. The number of aromatic nitrogens is 4. The maximum absolute atomic E-state index is 13.3. The number of piperidine rings is 1. The number of hydrogen-bond acceptors (Lipinski definition) is 7. The third kappa shape index (κ3) is 4.18. The van der Waals surface area contributed by atoms with Crippen LogP contribution in [0.1, 0.15) is 33.6 Å². The van der Waals surface area contributed by atoms with E-state index >= 15 is 0 Å². The van der Waals surface area contributed by atoms with Crippen LogP contribution in [0.25, 0.3) is 11.2 Å². The Morgan fingerprint density at radius 1 is 1.30 bits per heavy atom. The minimum atomic E-state index is -0.631. The molecule has 0 spiro atoms. The summed E-state index contributed by atoms with van der Waals surface area (Å²) in [4.78, 5) is 44.8. The summed E-state index contributed by atoms with van der Waals surface area (Å²) in [6.07, 6.45) is 3.86. The molecule has 164 valence electrons. The zero-order valence-corrected chi connectivity index (χ0v) is 18.1. The Kier molecular flexibility index (Phi) is 6.45. The van der Waals surface area contributed by atoms with Gasteiger partial charge in [0, 0.05) is 32.7 Å². The molecule has 1 saturated heterocycles. The maximum Gasteiger partial charge on any atom is 0.333 e. The lowest BCUT2D eigenvalue weighted by Crippen LogP contribution is -2.44. The normalized spacial score (nSPS) is 16.7. The number of allylic oxidation sites excluding steroid dienone is 2. The van der Waals surface area contributed by atoms with E-state index in [1.807, 2.05) is 24.5 Å². The number of nitrogens with two attached hydrogens (primary N) is 1. The first-order valence-electron chi connectivity index (χ1n) is 10.2. The molecule has 2 N–H and O–H groups in total. The number of fused-ring (bicyclic) bond motifs is 1. The summed E-state index contributed by atoms with van der Waals surface area (Å²) in [5, 5.41) is 0. The summed E-state index contributed by atoms with van der Waals surface area (Å²) in [6.45, 7) is 7.19. The highest BCUT2D eigenvalue weighted by Crippen LogP contribution is 2.23.